The van der Waals surface area contributed by atoms with Gasteiger partial charge in [0.05, 0.1) is 29.0 Å². The molecule has 9 heteroatoms. The second-order valence-electron chi connectivity index (χ2n) is 7.19. The van der Waals surface area contributed by atoms with E-state index in [9.17, 15) is 13.5 Å². The Labute approximate surface area is 205 Å². The van der Waals surface area contributed by atoms with Gasteiger partial charge in [-0.2, -0.15) is 0 Å². The van der Waals surface area contributed by atoms with Crippen LogP contribution in [0.2, 0.25) is 5.02 Å². The highest BCUT2D eigenvalue weighted by Gasteiger charge is 2.17. The summed E-state index contributed by atoms with van der Waals surface area (Å²) >= 11 is 6.03. The standard InChI is InChI=1S/C24H26ClNO5S.ClH/c25-20-3-1-2-19(16-20)24(17-28)26-13-12-18-4-8-22(9-5-18)32(29,30)23-10-6-21(7-11-23)31-15-14-27;/h1-11,16,24,26-28H,12-15,17H2;1H. The first-order valence-electron chi connectivity index (χ1n) is 10.2. The summed E-state index contributed by atoms with van der Waals surface area (Å²) in [4.78, 5) is 0.390. The van der Waals surface area contributed by atoms with Crippen LogP contribution in [-0.2, 0) is 16.3 Å². The zero-order valence-corrected chi connectivity index (χ0v) is 20.2. The van der Waals surface area contributed by atoms with Gasteiger partial charge in [-0.15, -0.1) is 12.4 Å². The number of ether oxygens (including phenoxy) is 1. The molecule has 178 valence electrons. The molecule has 6 nitrogen and oxygen atoms in total. The third-order valence-corrected chi connectivity index (χ3v) is 6.99. The van der Waals surface area contributed by atoms with Crippen molar-refractivity contribution in [2.75, 3.05) is 26.4 Å². The highest BCUT2D eigenvalue weighted by atomic mass is 35.5. The minimum absolute atomic E-state index is 0. The molecule has 3 rings (SSSR count). The Bertz CT molecular complexity index is 1110. The quantitative estimate of drug-likeness (QED) is 0.362. The van der Waals surface area contributed by atoms with Gasteiger partial charge in [0.25, 0.3) is 0 Å². The minimum Gasteiger partial charge on any atom is -0.491 e. The number of aliphatic hydroxyl groups excluding tert-OH is 2. The smallest absolute Gasteiger partial charge is 0.206 e. The third-order valence-electron chi connectivity index (χ3n) is 4.97. The van der Waals surface area contributed by atoms with Crippen LogP contribution in [0.5, 0.6) is 5.75 Å². The van der Waals surface area contributed by atoms with Crippen molar-refractivity contribution in [2.24, 2.45) is 0 Å². The Morgan fingerprint density at radius 2 is 1.58 bits per heavy atom. The lowest BCUT2D eigenvalue weighted by Gasteiger charge is -2.17. The topological polar surface area (TPSA) is 95.9 Å². The van der Waals surface area contributed by atoms with Crippen LogP contribution in [0.4, 0.5) is 0 Å². The van der Waals surface area contributed by atoms with Gasteiger partial charge in [-0.05, 0) is 72.6 Å². The molecule has 0 saturated carbocycles. The fraction of sp³-hybridized carbons (Fsp3) is 0.250. The molecule has 0 spiro atoms. The molecular weight excluding hydrogens is 485 g/mol. The average Bonchev–Trinajstić information content (AvgIpc) is 2.81. The summed E-state index contributed by atoms with van der Waals surface area (Å²) in [6.45, 7) is 0.601. The molecule has 0 saturated heterocycles. The summed E-state index contributed by atoms with van der Waals surface area (Å²) in [7, 11) is -3.64. The number of benzene rings is 3. The van der Waals surface area contributed by atoms with E-state index in [0.717, 1.165) is 11.1 Å². The largest absolute Gasteiger partial charge is 0.491 e. The first-order valence-corrected chi connectivity index (χ1v) is 12.1. The van der Waals surface area contributed by atoms with Gasteiger partial charge in [0.1, 0.15) is 12.4 Å². The van der Waals surface area contributed by atoms with E-state index in [0.29, 0.717) is 23.7 Å². The van der Waals surface area contributed by atoms with Crippen LogP contribution in [0, 0.1) is 0 Å². The summed E-state index contributed by atoms with van der Waals surface area (Å²) in [5.74, 6) is 0.500. The van der Waals surface area contributed by atoms with E-state index in [1.807, 2.05) is 18.2 Å². The summed E-state index contributed by atoms with van der Waals surface area (Å²) in [6.07, 6.45) is 0.675. The number of nitrogens with one attached hydrogen (secondary N) is 1. The molecule has 0 aliphatic heterocycles. The lowest BCUT2D eigenvalue weighted by molar-refractivity contribution is 0.201. The molecule has 0 aliphatic rings. The van der Waals surface area contributed by atoms with Crippen molar-refractivity contribution in [2.45, 2.75) is 22.3 Å². The molecule has 1 unspecified atom stereocenters. The van der Waals surface area contributed by atoms with Gasteiger partial charge >= 0.3 is 0 Å². The maximum absolute atomic E-state index is 12.9. The van der Waals surface area contributed by atoms with E-state index in [2.05, 4.69) is 5.32 Å². The predicted molar refractivity (Wildman–Crippen MR) is 131 cm³/mol. The molecule has 3 N–H and O–H groups in total. The number of rotatable bonds is 11. The Morgan fingerprint density at radius 3 is 2.15 bits per heavy atom. The molecular formula is C24H27Cl2NO5S. The third kappa shape index (κ3) is 7.43. The summed E-state index contributed by atoms with van der Waals surface area (Å²) < 4.78 is 31.0. The Kier molecular flexibility index (Phi) is 10.6. The Morgan fingerprint density at radius 1 is 0.939 bits per heavy atom. The maximum Gasteiger partial charge on any atom is 0.206 e. The van der Waals surface area contributed by atoms with Gasteiger partial charge in [0.2, 0.25) is 9.84 Å². The zero-order valence-electron chi connectivity index (χ0n) is 17.9. The van der Waals surface area contributed by atoms with Gasteiger partial charge in [-0.25, -0.2) is 8.42 Å². The molecule has 0 aliphatic carbocycles. The van der Waals surface area contributed by atoms with Crippen molar-refractivity contribution >= 4 is 33.8 Å². The Balaban J connectivity index is 0.00000385. The lowest BCUT2D eigenvalue weighted by atomic mass is 10.1. The zero-order chi connectivity index (χ0) is 23.0. The number of hydrogen-bond acceptors (Lipinski definition) is 6. The summed E-state index contributed by atoms with van der Waals surface area (Å²) in [5.41, 5.74) is 1.89. The van der Waals surface area contributed by atoms with Gasteiger partial charge < -0.3 is 20.3 Å². The van der Waals surface area contributed by atoms with Gasteiger partial charge in [-0.3, -0.25) is 0 Å². The average molecular weight is 512 g/mol. The van der Waals surface area contributed by atoms with Crippen LogP contribution in [0.15, 0.2) is 82.6 Å². The van der Waals surface area contributed by atoms with Crippen molar-refractivity contribution in [3.8, 4) is 5.75 Å². The van der Waals surface area contributed by atoms with Crippen molar-refractivity contribution in [3.05, 3.63) is 88.9 Å². The van der Waals surface area contributed by atoms with E-state index in [1.165, 1.54) is 12.1 Å². The van der Waals surface area contributed by atoms with E-state index < -0.39 is 9.84 Å². The fourth-order valence-corrected chi connectivity index (χ4v) is 4.71. The van der Waals surface area contributed by atoms with Crippen LogP contribution in [0.25, 0.3) is 0 Å². The highest BCUT2D eigenvalue weighted by Crippen LogP contribution is 2.24. The van der Waals surface area contributed by atoms with Crippen LogP contribution in [0.1, 0.15) is 17.2 Å². The molecule has 0 radical (unpaired) electrons. The highest BCUT2D eigenvalue weighted by molar-refractivity contribution is 7.91. The van der Waals surface area contributed by atoms with E-state index in [1.54, 1.807) is 42.5 Å². The fourth-order valence-electron chi connectivity index (χ4n) is 3.25. The summed E-state index contributed by atoms with van der Waals surface area (Å²) in [6, 6.07) is 20.0. The van der Waals surface area contributed by atoms with Gasteiger partial charge in [0.15, 0.2) is 0 Å². The molecule has 0 fully saturated rings. The molecule has 33 heavy (non-hydrogen) atoms. The number of hydrogen-bond donors (Lipinski definition) is 3. The van der Waals surface area contributed by atoms with Gasteiger partial charge in [-0.1, -0.05) is 35.9 Å². The molecule has 3 aromatic rings. The van der Waals surface area contributed by atoms with E-state index >= 15 is 0 Å². The van der Waals surface area contributed by atoms with E-state index in [-0.39, 0.29) is 48.1 Å². The second kappa shape index (κ2) is 12.9. The predicted octanol–water partition coefficient (Wildman–Crippen LogP) is 3.83. The van der Waals surface area contributed by atoms with Crippen LogP contribution >= 0.6 is 24.0 Å². The molecule has 0 heterocycles. The summed E-state index contributed by atoms with van der Waals surface area (Å²) in [5, 5.41) is 22.4. The van der Waals surface area contributed by atoms with Crippen molar-refractivity contribution < 1.29 is 23.4 Å². The number of sulfone groups is 1. The normalized spacial score (nSPS) is 12.1. The number of aliphatic hydroxyl groups is 2. The molecule has 1 atom stereocenters. The maximum atomic E-state index is 12.9. The molecule has 0 amide bonds. The SMILES string of the molecule is Cl.O=S(=O)(c1ccc(CCNC(CO)c2cccc(Cl)c2)cc1)c1ccc(OCCO)cc1. The molecule has 3 aromatic carbocycles. The van der Waals surface area contributed by atoms with Crippen molar-refractivity contribution in [1.29, 1.82) is 0 Å². The van der Waals surface area contributed by atoms with Crippen LogP contribution in [0.3, 0.4) is 0 Å². The lowest BCUT2D eigenvalue weighted by Crippen LogP contribution is -2.26. The van der Waals surface area contributed by atoms with Crippen LogP contribution < -0.4 is 10.1 Å². The first-order chi connectivity index (χ1) is 15.4. The second-order valence-corrected chi connectivity index (χ2v) is 9.57. The first kappa shape index (κ1) is 27.1. The molecule has 0 aromatic heterocycles. The number of halogens is 2. The van der Waals surface area contributed by atoms with Crippen molar-refractivity contribution in [1.82, 2.24) is 5.32 Å². The van der Waals surface area contributed by atoms with E-state index in [4.69, 9.17) is 21.4 Å². The Hall–Kier alpha value is -2.13. The molecule has 0 bridgehead atoms. The van der Waals surface area contributed by atoms with Crippen molar-refractivity contribution in [3.63, 3.8) is 0 Å². The monoisotopic (exact) mass is 511 g/mol. The van der Waals surface area contributed by atoms with Crippen LogP contribution in [-0.4, -0.2) is 45.0 Å². The van der Waals surface area contributed by atoms with Gasteiger partial charge in [0, 0.05) is 5.02 Å². The minimum atomic E-state index is -3.64.